The zero-order valence-corrected chi connectivity index (χ0v) is 12.9. The van der Waals surface area contributed by atoms with Crippen molar-refractivity contribution in [3.63, 3.8) is 0 Å². The Balaban J connectivity index is 1.40. The monoisotopic (exact) mass is 263 g/mol. The molecule has 0 saturated heterocycles. The fraction of sp³-hybridized carbons (Fsp3) is 1.00. The third kappa shape index (κ3) is 3.35. The van der Waals surface area contributed by atoms with Gasteiger partial charge in [-0.15, -0.1) is 0 Å². The van der Waals surface area contributed by atoms with Gasteiger partial charge in [0.05, 0.1) is 0 Å². The second-order valence-corrected chi connectivity index (χ2v) is 7.77. The second kappa shape index (κ2) is 6.16. The molecule has 3 aliphatic rings. The highest BCUT2D eigenvalue weighted by Gasteiger charge is 2.37. The van der Waals surface area contributed by atoms with Gasteiger partial charge in [-0.3, -0.25) is 0 Å². The van der Waals surface area contributed by atoms with Crippen molar-refractivity contribution in [2.24, 2.45) is 11.3 Å². The maximum Gasteiger partial charge on any atom is 0.00700 e. The molecule has 0 heterocycles. The van der Waals surface area contributed by atoms with E-state index in [1.165, 1.54) is 70.6 Å². The maximum atomic E-state index is 4.01. The van der Waals surface area contributed by atoms with E-state index in [4.69, 9.17) is 0 Å². The summed E-state index contributed by atoms with van der Waals surface area (Å²) in [6, 6.07) is 1.71. The number of nitrogens with one attached hydrogen (secondary N) is 1. The van der Waals surface area contributed by atoms with Crippen LogP contribution in [0.25, 0.3) is 0 Å². The topological polar surface area (TPSA) is 12.0 Å². The van der Waals surface area contributed by atoms with Gasteiger partial charge in [0.1, 0.15) is 0 Å². The van der Waals surface area contributed by atoms with E-state index in [2.05, 4.69) is 12.2 Å². The first-order valence-corrected chi connectivity index (χ1v) is 9.06. The molecule has 0 aliphatic heterocycles. The van der Waals surface area contributed by atoms with Crippen LogP contribution in [0, 0.1) is 11.3 Å². The summed E-state index contributed by atoms with van der Waals surface area (Å²) in [6.07, 6.45) is 19.3. The SMILES string of the molecule is CCC1CCC(NC2CCC3(CCCC3)CC2)CC1. The van der Waals surface area contributed by atoms with Gasteiger partial charge in [-0.25, -0.2) is 0 Å². The number of rotatable bonds is 3. The highest BCUT2D eigenvalue weighted by Crippen LogP contribution is 2.49. The summed E-state index contributed by atoms with van der Waals surface area (Å²) in [6.45, 7) is 2.36. The van der Waals surface area contributed by atoms with Crippen LogP contribution in [0.15, 0.2) is 0 Å². The predicted molar refractivity (Wildman–Crippen MR) is 82.3 cm³/mol. The van der Waals surface area contributed by atoms with Crippen LogP contribution in [0.2, 0.25) is 0 Å². The van der Waals surface area contributed by atoms with Crippen molar-refractivity contribution >= 4 is 0 Å². The van der Waals surface area contributed by atoms with Crippen molar-refractivity contribution in [2.45, 2.75) is 102 Å². The molecule has 1 nitrogen and oxygen atoms in total. The highest BCUT2D eigenvalue weighted by atomic mass is 15.0. The van der Waals surface area contributed by atoms with Crippen molar-refractivity contribution in [1.82, 2.24) is 5.32 Å². The molecule has 3 aliphatic carbocycles. The standard InChI is InChI=1S/C18H33N/c1-2-15-5-7-16(8-6-15)19-17-9-13-18(14-10-17)11-3-4-12-18/h15-17,19H,2-14H2,1H3. The third-order valence-corrected chi connectivity index (χ3v) is 6.61. The molecule has 0 aromatic rings. The molecule has 19 heavy (non-hydrogen) atoms. The average Bonchev–Trinajstić information content (AvgIpc) is 2.91. The number of hydrogen-bond acceptors (Lipinski definition) is 1. The van der Waals surface area contributed by atoms with Crippen LogP contribution < -0.4 is 5.32 Å². The summed E-state index contributed by atoms with van der Waals surface area (Å²) in [5, 5.41) is 4.01. The first-order chi connectivity index (χ1) is 9.30. The minimum Gasteiger partial charge on any atom is -0.311 e. The Labute approximate surface area is 119 Å². The van der Waals surface area contributed by atoms with E-state index >= 15 is 0 Å². The second-order valence-electron chi connectivity index (χ2n) is 7.77. The Kier molecular flexibility index (Phi) is 4.51. The van der Waals surface area contributed by atoms with Crippen LogP contribution in [0.4, 0.5) is 0 Å². The highest BCUT2D eigenvalue weighted by molar-refractivity contribution is 4.92. The number of hydrogen-bond donors (Lipinski definition) is 1. The van der Waals surface area contributed by atoms with E-state index in [1.807, 2.05) is 0 Å². The predicted octanol–water partition coefficient (Wildman–Crippen LogP) is 5.05. The summed E-state index contributed by atoms with van der Waals surface area (Å²) in [4.78, 5) is 0. The van der Waals surface area contributed by atoms with Crippen molar-refractivity contribution in [2.75, 3.05) is 0 Å². The molecule has 3 fully saturated rings. The quantitative estimate of drug-likeness (QED) is 0.751. The summed E-state index contributed by atoms with van der Waals surface area (Å²) in [5.74, 6) is 1.03. The molecule has 1 N–H and O–H groups in total. The Hall–Kier alpha value is -0.0400. The lowest BCUT2D eigenvalue weighted by atomic mass is 9.71. The van der Waals surface area contributed by atoms with Crippen LogP contribution in [0.1, 0.15) is 90.4 Å². The van der Waals surface area contributed by atoms with E-state index in [1.54, 1.807) is 12.8 Å². The third-order valence-electron chi connectivity index (χ3n) is 6.61. The maximum absolute atomic E-state index is 4.01. The van der Waals surface area contributed by atoms with Gasteiger partial charge in [-0.2, -0.15) is 0 Å². The Morgan fingerprint density at radius 1 is 0.789 bits per heavy atom. The molecular formula is C18H33N. The molecule has 0 atom stereocenters. The van der Waals surface area contributed by atoms with Gasteiger partial charge >= 0.3 is 0 Å². The average molecular weight is 263 g/mol. The minimum absolute atomic E-state index is 0.804. The normalized spacial score (nSPS) is 35.8. The van der Waals surface area contributed by atoms with Gasteiger partial charge in [-0.05, 0) is 75.5 Å². The van der Waals surface area contributed by atoms with E-state index in [9.17, 15) is 0 Å². The minimum atomic E-state index is 0.804. The zero-order chi connectivity index (χ0) is 13.1. The molecule has 0 aromatic carbocycles. The Bertz CT molecular complexity index is 261. The molecule has 1 heteroatoms. The molecule has 0 amide bonds. The Morgan fingerprint density at radius 2 is 1.37 bits per heavy atom. The lowest BCUT2D eigenvalue weighted by Gasteiger charge is -2.40. The molecule has 0 radical (unpaired) electrons. The lowest BCUT2D eigenvalue weighted by Crippen LogP contribution is -2.43. The van der Waals surface area contributed by atoms with Crippen LogP contribution in [-0.4, -0.2) is 12.1 Å². The van der Waals surface area contributed by atoms with Crippen molar-refractivity contribution < 1.29 is 0 Å². The largest absolute Gasteiger partial charge is 0.311 e. The van der Waals surface area contributed by atoms with Gasteiger partial charge in [0, 0.05) is 12.1 Å². The molecule has 110 valence electrons. The van der Waals surface area contributed by atoms with Gasteiger partial charge in [-0.1, -0.05) is 26.2 Å². The zero-order valence-electron chi connectivity index (χ0n) is 12.9. The van der Waals surface area contributed by atoms with Crippen LogP contribution in [0.3, 0.4) is 0 Å². The first-order valence-electron chi connectivity index (χ1n) is 9.06. The summed E-state index contributed by atoms with van der Waals surface area (Å²) < 4.78 is 0. The van der Waals surface area contributed by atoms with Crippen molar-refractivity contribution in [3.8, 4) is 0 Å². The smallest absolute Gasteiger partial charge is 0.00700 e. The van der Waals surface area contributed by atoms with Crippen LogP contribution in [-0.2, 0) is 0 Å². The van der Waals surface area contributed by atoms with E-state index < -0.39 is 0 Å². The van der Waals surface area contributed by atoms with Gasteiger partial charge in [0.2, 0.25) is 0 Å². The fourth-order valence-electron chi connectivity index (χ4n) is 5.09. The molecule has 0 bridgehead atoms. The molecule has 0 unspecified atom stereocenters. The molecule has 3 saturated carbocycles. The van der Waals surface area contributed by atoms with E-state index in [0.717, 1.165) is 23.4 Å². The summed E-state index contributed by atoms with van der Waals surface area (Å²) in [5.41, 5.74) is 0.804. The van der Waals surface area contributed by atoms with Gasteiger partial charge in [0.25, 0.3) is 0 Å². The van der Waals surface area contributed by atoms with Crippen LogP contribution >= 0.6 is 0 Å². The Morgan fingerprint density at radius 3 is 1.95 bits per heavy atom. The molecule has 1 spiro atoms. The summed E-state index contributed by atoms with van der Waals surface area (Å²) in [7, 11) is 0. The van der Waals surface area contributed by atoms with Crippen LogP contribution in [0.5, 0.6) is 0 Å². The van der Waals surface area contributed by atoms with Crippen molar-refractivity contribution in [3.05, 3.63) is 0 Å². The molecular weight excluding hydrogens is 230 g/mol. The lowest BCUT2D eigenvalue weighted by molar-refractivity contribution is 0.154. The molecule has 3 rings (SSSR count). The van der Waals surface area contributed by atoms with E-state index in [-0.39, 0.29) is 0 Å². The van der Waals surface area contributed by atoms with Gasteiger partial charge in [0.15, 0.2) is 0 Å². The van der Waals surface area contributed by atoms with Gasteiger partial charge < -0.3 is 5.32 Å². The van der Waals surface area contributed by atoms with E-state index in [0.29, 0.717) is 0 Å². The molecule has 0 aromatic heterocycles. The fourth-order valence-corrected chi connectivity index (χ4v) is 5.09. The summed E-state index contributed by atoms with van der Waals surface area (Å²) >= 11 is 0. The van der Waals surface area contributed by atoms with Crippen molar-refractivity contribution in [1.29, 1.82) is 0 Å². The first kappa shape index (κ1) is 13.9.